The molecule has 3 heterocycles. The first-order valence-electron chi connectivity index (χ1n) is 11.4. The minimum atomic E-state index is -0.159. The minimum Gasteiger partial charge on any atom is -0.379 e. The molecule has 2 amide bonds. The van der Waals surface area contributed by atoms with Crippen LogP contribution < -0.4 is 0 Å². The molecule has 2 fully saturated rings. The molecule has 7 nitrogen and oxygen atoms in total. The van der Waals surface area contributed by atoms with Gasteiger partial charge < -0.3 is 14.5 Å². The molecule has 0 atom stereocenters. The molecule has 0 aliphatic carbocycles. The second-order valence-corrected chi connectivity index (χ2v) is 8.80. The Kier molecular flexibility index (Phi) is 7.05. The van der Waals surface area contributed by atoms with E-state index in [0.717, 1.165) is 70.8 Å². The molecule has 3 aliphatic rings. The van der Waals surface area contributed by atoms with Crippen molar-refractivity contribution in [1.82, 2.24) is 19.6 Å². The number of imide groups is 1. The van der Waals surface area contributed by atoms with Crippen LogP contribution in [0.4, 0.5) is 0 Å². The van der Waals surface area contributed by atoms with Crippen LogP contribution in [-0.4, -0.2) is 104 Å². The third-order valence-corrected chi connectivity index (χ3v) is 6.75. The van der Waals surface area contributed by atoms with Crippen LogP contribution in [0.25, 0.3) is 5.57 Å². The van der Waals surface area contributed by atoms with Crippen molar-refractivity contribution in [2.45, 2.75) is 25.3 Å². The van der Waals surface area contributed by atoms with Gasteiger partial charge in [-0.15, -0.1) is 0 Å². The fourth-order valence-corrected chi connectivity index (χ4v) is 4.80. The molecule has 0 radical (unpaired) electrons. The minimum absolute atomic E-state index is 0.146. The zero-order valence-corrected chi connectivity index (χ0v) is 18.8. The maximum absolute atomic E-state index is 13.5. The molecular weight excluding hydrogens is 392 g/mol. The summed E-state index contributed by atoms with van der Waals surface area (Å²) in [6, 6.07) is 9.92. The number of carbonyl (C=O) groups is 2. The molecule has 1 aromatic rings. The Morgan fingerprint density at radius 1 is 0.968 bits per heavy atom. The molecule has 1 aromatic carbocycles. The maximum Gasteiger partial charge on any atom is 0.277 e. The lowest BCUT2D eigenvalue weighted by molar-refractivity contribution is -0.137. The van der Waals surface area contributed by atoms with Gasteiger partial charge >= 0.3 is 0 Å². The number of likely N-dealkylation sites (N-methyl/N-ethyl adjacent to an activating group) is 1. The summed E-state index contributed by atoms with van der Waals surface area (Å²) in [4.78, 5) is 35.1. The normalized spacial score (nSPS) is 21.9. The van der Waals surface area contributed by atoms with E-state index in [0.29, 0.717) is 17.8 Å². The van der Waals surface area contributed by atoms with E-state index in [1.165, 1.54) is 4.90 Å². The lowest BCUT2D eigenvalue weighted by atomic mass is 10.0. The Morgan fingerprint density at radius 2 is 1.65 bits per heavy atom. The van der Waals surface area contributed by atoms with Gasteiger partial charge in [0.05, 0.1) is 18.8 Å². The quantitative estimate of drug-likeness (QED) is 0.616. The molecule has 7 heteroatoms. The van der Waals surface area contributed by atoms with E-state index in [-0.39, 0.29) is 17.9 Å². The number of piperidine rings is 1. The molecule has 0 unspecified atom stereocenters. The highest BCUT2D eigenvalue weighted by Crippen LogP contribution is 2.33. The standard InChI is InChI=1S/C24H34N4O3/c1-25-13-9-20(10-14-25)26(2)22-21(19-7-4-3-5-8-19)23(29)28(24(22)30)12-6-11-27-15-17-31-18-16-27/h3-5,7-8,20H,6,9-18H2,1-2H3. The summed E-state index contributed by atoms with van der Waals surface area (Å²) in [5.74, 6) is -0.305. The maximum atomic E-state index is 13.5. The van der Waals surface area contributed by atoms with Crippen LogP contribution in [0.5, 0.6) is 0 Å². The van der Waals surface area contributed by atoms with Gasteiger partial charge in [-0.05, 0) is 45.0 Å². The van der Waals surface area contributed by atoms with Crippen LogP contribution >= 0.6 is 0 Å². The Hall–Kier alpha value is -2.22. The van der Waals surface area contributed by atoms with Gasteiger partial charge in [0, 0.05) is 39.3 Å². The number of rotatable bonds is 7. The monoisotopic (exact) mass is 426 g/mol. The summed E-state index contributed by atoms with van der Waals surface area (Å²) in [6.07, 6.45) is 2.78. The summed E-state index contributed by atoms with van der Waals surface area (Å²) < 4.78 is 5.41. The molecule has 4 rings (SSSR count). The summed E-state index contributed by atoms with van der Waals surface area (Å²) >= 11 is 0. The zero-order valence-electron chi connectivity index (χ0n) is 18.8. The van der Waals surface area contributed by atoms with Crippen molar-refractivity contribution >= 4 is 17.4 Å². The first-order valence-corrected chi connectivity index (χ1v) is 11.4. The van der Waals surface area contributed by atoms with Crippen LogP contribution in [0.3, 0.4) is 0 Å². The number of hydrogen-bond acceptors (Lipinski definition) is 6. The van der Waals surface area contributed by atoms with Crippen molar-refractivity contribution in [2.24, 2.45) is 0 Å². The van der Waals surface area contributed by atoms with Crippen LogP contribution in [-0.2, 0) is 14.3 Å². The summed E-state index contributed by atoms with van der Waals surface area (Å²) in [5, 5.41) is 0. The molecule has 0 aromatic heterocycles. The average molecular weight is 427 g/mol. The summed E-state index contributed by atoms with van der Waals surface area (Å²) in [5.41, 5.74) is 1.95. The van der Waals surface area contributed by atoms with Gasteiger partial charge in [-0.1, -0.05) is 30.3 Å². The highest BCUT2D eigenvalue weighted by Gasteiger charge is 2.42. The van der Waals surface area contributed by atoms with Crippen molar-refractivity contribution in [2.75, 3.05) is 66.6 Å². The number of nitrogens with zero attached hydrogens (tertiary/aromatic N) is 4. The van der Waals surface area contributed by atoms with E-state index in [1.54, 1.807) is 0 Å². The Morgan fingerprint density at radius 3 is 2.32 bits per heavy atom. The molecule has 0 saturated carbocycles. The number of likely N-dealkylation sites (tertiary alicyclic amines) is 1. The summed E-state index contributed by atoms with van der Waals surface area (Å²) in [7, 11) is 4.11. The molecule has 31 heavy (non-hydrogen) atoms. The summed E-state index contributed by atoms with van der Waals surface area (Å²) in [6.45, 7) is 6.69. The van der Waals surface area contributed by atoms with E-state index in [4.69, 9.17) is 4.74 Å². The van der Waals surface area contributed by atoms with Crippen LogP contribution in [0.1, 0.15) is 24.8 Å². The number of benzene rings is 1. The van der Waals surface area contributed by atoms with Crippen LogP contribution in [0, 0.1) is 0 Å². The second kappa shape index (κ2) is 9.94. The predicted octanol–water partition coefficient (Wildman–Crippen LogP) is 1.51. The van der Waals surface area contributed by atoms with E-state index in [1.807, 2.05) is 37.4 Å². The zero-order chi connectivity index (χ0) is 21.8. The van der Waals surface area contributed by atoms with Crippen LogP contribution in [0.15, 0.2) is 36.0 Å². The first kappa shape index (κ1) is 22.0. The highest BCUT2D eigenvalue weighted by atomic mass is 16.5. The van der Waals surface area contributed by atoms with E-state index in [9.17, 15) is 9.59 Å². The van der Waals surface area contributed by atoms with Gasteiger partial charge in [0.1, 0.15) is 5.70 Å². The van der Waals surface area contributed by atoms with Crippen molar-refractivity contribution in [1.29, 1.82) is 0 Å². The lowest BCUT2D eigenvalue weighted by Crippen LogP contribution is -2.44. The van der Waals surface area contributed by atoms with E-state index >= 15 is 0 Å². The molecule has 3 aliphatic heterocycles. The van der Waals surface area contributed by atoms with Gasteiger partial charge in [-0.2, -0.15) is 0 Å². The molecule has 0 spiro atoms. The number of morpholine rings is 1. The number of amides is 2. The fourth-order valence-electron chi connectivity index (χ4n) is 4.80. The smallest absolute Gasteiger partial charge is 0.277 e. The van der Waals surface area contributed by atoms with Crippen molar-refractivity contribution in [3.8, 4) is 0 Å². The molecular formula is C24H34N4O3. The van der Waals surface area contributed by atoms with Gasteiger partial charge in [-0.3, -0.25) is 19.4 Å². The molecule has 2 saturated heterocycles. The van der Waals surface area contributed by atoms with Crippen molar-refractivity contribution in [3.63, 3.8) is 0 Å². The number of carbonyl (C=O) groups excluding carboxylic acids is 2. The third kappa shape index (κ3) is 4.84. The number of hydrogen-bond donors (Lipinski definition) is 0. The topological polar surface area (TPSA) is 56.3 Å². The van der Waals surface area contributed by atoms with Gasteiger partial charge in [0.25, 0.3) is 11.8 Å². The van der Waals surface area contributed by atoms with Crippen molar-refractivity contribution < 1.29 is 14.3 Å². The van der Waals surface area contributed by atoms with Gasteiger partial charge in [0.2, 0.25) is 0 Å². The average Bonchev–Trinajstić information content (AvgIpc) is 3.05. The van der Waals surface area contributed by atoms with Gasteiger partial charge in [-0.25, -0.2) is 0 Å². The lowest BCUT2D eigenvalue weighted by Gasteiger charge is -2.36. The molecule has 168 valence electrons. The SMILES string of the molecule is CN1CCC(N(C)C2=C(c3ccccc3)C(=O)N(CCCN3CCOCC3)C2=O)CC1. The molecule has 0 bridgehead atoms. The van der Waals surface area contributed by atoms with E-state index < -0.39 is 0 Å². The first-order chi connectivity index (χ1) is 15.1. The molecule has 0 N–H and O–H groups in total. The van der Waals surface area contributed by atoms with E-state index in [2.05, 4.69) is 21.7 Å². The Labute approximate surface area is 185 Å². The highest BCUT2D eigenvalue weighted by molar-refractivity contribution is 6.35. The number of ether oxygens (including phenoxy) is 1. The second-order valence-electron chi connectivity index (χ2n) is 8.80. The largest absolute Gasteiger partial charge is 0.379 e. The fraction of sp³-hybridized carbons (Fsp3) is 0.583. The Balaban J connectivity index is 1.52. The van der Waals surface area contributed by atoms with Gasteiger partial charge in [0.15, 0.2) is 0 Å². The predicted molar refractivity (Wildman–Crippen MR) is 120 cm³/mol. The van der Waals surface area contributed by atoms with Crippen molar-refractivity contribution in [3.05, 3.63) is 41.6 Å². The third-order valence-electron chi connectivity index (χ3n) is 6.75. The Bertz CT molecular complexity index is 811. The van der Waals surface area contributed by atoms with Crippen LogP contribution in [0.2, 0.25) is 0 Å².